The topological polar surface area (TPSA) is 101 Å². The fraction of sp³-hybridized carbons (Fsp3) is 0.455. The van der Waals surface area contributed by atoms with Crippen molar-refractivity contribution in [3.63, 3.8) is 0 Å². The van der Waals surface area contributed by atoms with Crippen LogP contribution in [0.1, 0.15) is 12.0 Å². The molecule has 0 spiro atoms. The van der Waals surface area contributed by atoms with E-state index in [1.165, 1.54) is 0 Å². The number of sulfonamides is 1. The highest BCUT2D eigenvalue weighted by Crippen LogP contribution is 2.21. The fourth-order valence-electron chi connectivity index (χ4n) is 1.55. The van der Waals surface area contributed by atoms with Crippen LogP contribution in [-0.4, -0.2) is 32.7 Å². The number of halogens is 2. The molecule has 0 atom stereocenters. The summed E-state index contributed by atoms with van der Waals surface area (Å²) in [5, 5.41) is 13.3. The van der Waals surface area contributed by atoms with Gasteiger partial charge in [0.25, 0.3) is 0 Å². The maximum absolute atomic E-state index is 13.4. The van der Waals surface area contributed by atoms with E-state index in [2.05, 4.69) is 10.0 Å². The van der Waals surface area contributed by atoms with Crippen LogP contribution in [0.3, 0.4) is 0 Å². The molecule has 0 bridgehead atoms. The van der Waals surface area contributed by atoms with Crippen LogP contribution in [0.15, 0.2) is 12.1 Å². The van der Waals surface area contributed by atoms with Crippen molar-refractivity contribution in [2.75, 3.05) is 19.3 Å². The van der Waals surface area contributed by atoms with Crippen LogP contribution in [0.25, 0.3) is 0 Å². The summed E-state index contributed by atoms with van der Waals surface area (Å²) in [6.07, 6.45) is 1.49. The zero-order valence-electron chi connectivity index (χ0n) is 11.2. The summed E-state index contributed by atoms with van der Waals surface area (Å²) < 4.78 is 50.4. The van der Waals surface area contributed by atoms with Crippen LogP contribution in [-0.2, 0) is 16.6 Å². The molecule has 0 aliphatic carbocycles. The maximum Gasteiger partial charge on any atom is 0.305 e. The molecule has 0 heterocycles. The van der Waals surface area contributed by atoms with Gasteiger partial charge in [-0.05, 0) is 13.0 Å². The minimum absolute atomic E-state index is 0.0220. The third-order valence-corrected chi connectivity index (χ3v) is 3.25. The van der Waals surface area contributed by atoms with Gasteiger partial charge in [0.2, 0.25) is 15.8 Å². The molecule has 2 N–H and O–H groups in total. The van der Waals surface area contributed by atoms with Crippen molar-refractivity contribution in [3.05, 3.63) is 39.4 Å². The third kappa shape index (κ3) is 6.10. The first-order chi connectivity index (χ1) is 9.70. The Labute approximate surface area is 120 Å². The number of nitrogens with zero attached hydrogens (tertiary/aromatic N) is 1. The number of hydrogen-bond donors (Lipinski definition) is 2. The van der Waals surface area contributed by atoms with Crippen LogP contribution in [0.4, 0.5) is 14.5 Å². The lowest BCUT2D eigenvalue weighted by Crippen LogP contribution is -2.26. The van der Waals surface area contributed by atoms with E-state index in [1.54, 1.807) is 0 Å². The summed E-state index contributed by atoms with van der Waals surface area (Å²) >= 11 is 0. The number of nitro groups is 1. The Morgan fingerprint density at radius 3 is 2.48 bits per heavy atom. The molecular formula is C11H15F2N3O4S. The minimum Gasteiger partial charge on any atom is -0.313 e. The van der Waals surface area contributed by atoms with Crippen molar-refractivity contribution >= 4 is 15.7 Å². The highest BCUT2D eigenvalue weighted by molar-refractivity contribution is 7.88. The third-order valence-electron chi connectivity index (χ3n) is 2.52. The van der Waals surface area contributed by atoms with Crippen molar-refractivity contribution in [2.45, 2.75) is 13.0 Å². The maximum atomic E-state index is 13.4. The van der Waals surface area contributed by atoms with Crippen molar-refractivity contribution in [2.24, 2.45) is 0 Å². The Bertz CT molecular complexity index is 622. The van der Waals surface area contributed by atoms with Crippen molar-refractivity contribution in [1.82, 2.24) is 10.0 Å². The average molecular weight is 323 g/mol. The van der Waals surface area contributed by atoms with Crippen molar-refractivity contribution < 1.29 is 22.1 Å². The lowest BCUT2D eigenvalue weighted by atomic mass is 10.1. The normalized spacial score (nSPS) is 11.6. The molecule has 0 amide bonds. The molecule has 0 unspecified atom stereocenters. The van der Waals surface area contributed by atoms with Crippen molar-refractivity contribution in [1.29, 1.82) is 0 Å². The van der Waals surface area contributed by atoms with E-state index in [4.69, 9.17) is 0 Å². The number of nitro benzene ring substituents is 1. The van der Waals surface area contributed by atoms with Crippen LogP contribution in [0.2, 0.25) is 0 Å². The Kier molecular flexibility index (Phi) is 6.12. The molecule has 10 heteroatoms. The van der Waals surface area contributed by atoms with Gasteiger partial charge in [0.15, 0.2) is 0 Å². The van der Waals surface area contributed by atoms with Gasteiger partial charge in [-0.3, -0.25) is 10.1 Å². The molecular weight excluding hydrogens is 308 g/mol. The molecule has 118 valence electrons. The van der Waals surface area contributed by atoms with Gasteiger partial charge in [-0.25, -0.2) is 17.5 Å². The zero-order chi connectivity index (χ0) is 16.0. The van der Waals surface area contributed by atoms with Gasteiger partial charge in [0, 0.05) is 30.8 Å². The van der Waals surface area contributed by atoms with Gasteiger partial charge in [0.1, 0.15) is 5.82 Å². The molecule has 1 aromatic rings. The van der Waals surface area contributed by atoms with Crippen LogP contribution < -0.4 is 10.0 Å². The minimum atomic E-state index is -3.24. The molecule has 0 fully saturated rings. The highest BCUT2D eigenvalue weighted by Gasteiger charge is 2.18. The average Bonchev–Trinajstić information content (AvgIpc) is 2.33. The Balaban J connectivity index is 2.49. The fourth-order valence-corrected chi connectivity index (χ4v) is 2.07. The molecule has 0 aromatic heterocycles. The highest BCUT2D eigenvalue weighted by atomic mass is 32.2. The molecule has 0 aliphatic rings. The van der Waals surface area contributed by atoms with E-state index in [-0.39, 0.29) is 18.7 Å². The summed E-state index contributed by atoms with van der Waals surface area (Å²) in [7, 11) is -3.24. The van der Waals surface area contributed by atoms with Gasteiger partial charge >= 0.3 is 5.69 Å². The van der Waals surface area contributed by atoms with E-state index in [9.17, 15) is 27.3 Å². The first-order valence-electron chi connectivity index (χ1n) is 5.98. The summed E-state index contributed by atoms with van der Waals surface area (Å²) in [5.41, 5.74) is -0.814. The molecule has 0 radical (unpaired) electrons. The molecule has 7 nitrogen and oxygen atoms in total. The van der Waals surface area contributed by atoms with Gasteiger partial charge in [-0.15, -0.1) is 0 Å². The van der Waals surface area contributed by atoms with E-state index >= 15 is 0 Å². The van der Waals surface area contributed by atoms with Crippen LogP contribution >= 0.6 is 0 Å². The summed E-state index contributed by atoms with van der Waals surface area (Å²) in [5.74, 6) is -2.10. The largest absolute Gasteiger partial charge is 0.313 e. The van der Waals surface area contributed by atoms with E-state index in [0.29, 0.717) is 19.0 Å². The number of benzene rings is 1. The predicted molar refractivity (Wildman–Crippen MR) is 72.2 cm³/mol. The van der Waals surface area contributed by atoms with Gasteiger partial charge in [-0.2, -0.15) is 4.39 Å². The number of rotatable bonds is 8. The molecule has 1 aromatic carbocycles. The Morgan fingerprint density at radius 2 is 1.90 bits per heavy atom. The molecule has 0 saturated carbocycles. The standard InChI is InChI=1S/C11H15F2N3O4S/c1-21(19,20)15-4-2-3-14-7-8-5-11(16(17)18)10(13)6-9(8)12/h5-6,14-15H,2-4,7H2,1H3. The quantitative estimate of drug-likeness (QED) is 0.420. The predicted octanol–water partition coefficient (Wildman–Crippen LogP) is 0.902. The second-order valence-electron chi connectivity index (χ2n) is 4.35. The number of hydrogen-bond acceptors (Lipinski definition) is 5. The first-order valence-corrected chi connectivity index (χ1v) is 7.87. The number of nitrogens with one attached hydrogen (secondary N) is 2. The van der Waals surface area contributed by atoms with Crippen LogP contribution in [0.5, 0.6) is 0 Å². The van der Waals surface area contributed by atoms with E-state index in [1.807, 2.05) is 0 Å². The summed E-state index contributed by atoms with van der Waals surface area (Å²) in [6, 6.07) is 1.31. The van der Waals surface area contributed by atoms with Gasteiger partial charge < -0.3 is 5.32 Å². The summed E-state index contributed by atoms with van der Waals surface area (Å²) in [4.78, 5) is 9.63. The lowest BCUT2D eigenvalue weighted by Gasteiger charge is -2.07. The Hall–Kier alpha value is -1.65. The smallest absolute Gasteiger partial charge is 0.305 e. The van der Waals surface area contributed by atoms with E-state index in [0.717, 1.165) is 12.3 Å². The monoisotopic (exact) mass is 323 g/mol. The lowest BCUT2D eigenvalue weighted by molar-refractivity contribution is -0.387. The molecule has 0 saturated heterocycles. The Morgan fingerprint density at radius 1 is 1.24 bits per heavy atom. The van der Waals surface area contributed by atoms with E-state index < -0.39 is 32.3 Å². The first kappa shape index (κ1) is 17.4. The second kappa shape index (κ2) is 7.38. The van der Waals surface area contributed by atoms with Crippen molar-refractivity contribution in [3.8, 4) is 0 Å². The van der Waals surface area contributed by atoms with Gasteiger partial charge in [0.05, 0.1) is 11.2 Å². The van der Waals surface area contributed by atoms with Crippen LogP contribution in [0, 0.1) is 21.7 Å². The zero-order valence-corrected chi connectivity index (χ0v) is 12.0. The summed E-state index contributed by atoms with van der Waals surface area (Å²) in [6.45, 7) is 0.566. The van der Waals surface area contributed by atoms with Gasteiger partial charge in [-0.1, -0.05) is 0 Å². The molecule has 0 aliphatic heterocycles. The molecule has 21 heavy (non-hydrogen) atoms. The molecule has 1 rings (SSSR count). The SMILES string of the molecule is CS(=O)(=O)NCCCNCc1cc([N+](=O)[O-])c(F)cc1F. The second-order valence-corrected chi connectivity index (χ2v) is 6.18.